The minimum atomic E-state index is -0.268. The molecule has 0 saturated heterocycles. The summed E-state index contributed by atoms with van der Waals surface area (Å²) in [5.41, 5.74) is 7.22. The van der Waals surface area contributed by atoms with Crippen molar-refractivity contribution in [2.75, 3.05) is 13.7 Å². The number of carbonyl (C=O) groups excluding carboxylic acids is 1. The lowest BCUT2D eigenvalue weighted by Crippen LogP contribution is -2.26. The first-order chi connectivity index (χ1) is 11.2. The molecule has 1 atom stereocenters. The monoisotopic (exact) mass is 317 g/mol. The van der Waals surface area contributed by atoms with E-state index in [0.29, 0.717) is 18.9 Å². The Bertz CT molecular complexity index is 640. The number of hydrogen-bond acceptors (Lipinski definition) is 5. The van der Waals surface area contributed by atoms with Crippen molar-refractivity contribution in [1.29, 1.82) is 0 Å². The molecule has 0 aliphatic heterocycles. The van der Waals surface area contributed by atoms with Crippen molar-refractivity contribution in [2.45, 2.75) is 32.2 Å². The van der Waals surface area contributed by atoms with Crippen LogP contribution in [0.15, 0.2) is 34.9 Å². The van der Waals surface area contributed by atoms with E-state index in [4.69, 9.17) is 14.9 Å². The van der Waals surface area contributed by atoms with Crippen LogP contribution < -0.4 is 15.8 Å². The van der Waals surface area contributed by atoms with Crippen LogP contribution >= 0.6 is 0 Å². The van der Waals surface area contributed by atoms with Crippen molar-refractivity contribution in [2.24, 2.45) is 5.73 Å². The molecular weight excluding hydrogens is 294 g/mol. The van der Waals surface area contributed by atoms with Crippen molar-refractivity contribution >= 4 is 5.91 Å². The fourth-order valence-electron chi connectivity index (χ4n) is 2.31. The summed E-state index contributed by atoms with van der Waals surface area (Å²) in [6, 6.07) is 7.46. The first kappa shape index (κ1) is 17.0. The average molecular weight is 317 g/mol. The normalized spacial score (nSPS) is 12.0. The van der Waals surface area contributed by atoms with Crippen LogP contribution in [0.1, 0.15) is 47.7 Å². The third kappa shape index (κ3) is 4.56. The number of benzene rings is 1. The Labute approximate surface area is 136 Å². The topological polar surface area (TPSA) is 90.4 Å². The van der Waals surface area contributed by atoms with Crippen LogP contribution in [0.3, 0.4) is 0 Å². The number of carbonyl (C=O) groups is 1. The molecule has 0 saturated carbocycles. The van der Waals surface area contributed by atoms with Gasteiger partial charge in [0.1, 0.15) is 12.0 Å². The van der Waals surface area contributed by atoms with E-state index in [-0.39, 0.29) is 17.6 Å². The number of nitrogens with one attached hydrogen (secondary N) is 1. The van der Waals surface area contributed by atoms with Gasteiger partial charge in [-0.25, -0.2) is 4.98 Å². The predicted molar refractivity (Wildman–Crippen MR) is 87.4 cm³/mol. The van der Waals surface area contributed by atoms with Gasteiger partial charge in [-0.3, -0.25) is 4.79 Å². The molecule has 2 rings (SSSR count). The Hall–Kier alpha value is -2.34. The minimum absolute atomic E-state index is 0.256. The maximum absolute atomic E-state index is 12.1. The van der Waals surface area contributed by atoms with Crippen LogP contribution in [0, 0.1) is 0 Å². The van der Waals surface area contributed by atoms with Gasteiger partial charge in [0.05, 0.1) is 13.2 Å². The smallest absolute Gasteiger partial charge is 0.273 e. The van der Waals surface area contributed by atoms with E-state index in [1.807, 2.05) is 31.2 Å². The SMILES string of the molecule is CCCC(N)c1nc(C(=O)NCCc2ccccc2OC)co1. The fraction of sp³-hybridized carbons (Fsp3) is 0.412. The van der Waals surface area contributed by atoms with Gasteiger partial charge in [-0.15, -0.1) is 0 Å². The third-order valence-corrected chi connectivity index (χ3v) is 3.54. The molecule has 2 aromatic rings. The summed E-state index contributed by atoms with van der Waals surface area (Å²) >= 11 is 0. The number of methoxy groups -OCH3 is 1. The summed E-state index contributed by atoms with van der Waals surface area (Å²) in [5.74, 6) is 0.955. The summed E-state index contributed by atoms with van der Waals surface area (Å²) < 4.78 is 10.6. The molecule has 0 fully saturated rings. The molecule has 3 N–H and O–H groups in total. The second-order valence-corrected chi connectivity index (χ2v) is 5.28. The molecule has 6 heteroatoms. The molecule has 0 aliphatic carbocycles. The summed E-state index contributed by atoms with van der Waals surface area (Å²) in [4.78, 5) is 16.2. The van der Waals surface area contributed by atoms with Crippen molar-refractivity contribution < 1.29 is 13.9 Å². The molecule has 1 heterocycles. The molecular formula is C17H23N3O3. The van der Waals surface area contributed by atoms with Gasteiger partial charge in [-0.2, -0.15) is 0 Å². The van der Waals surface area contributed by atoms with Gasteiger partial charge in [-0.1, -0.05) is 31.5 Å². The standard InChI is InChI=1S/C17H23N3O3/c1-3-6-13(18)17-20-14(11-23-17)16(21)19-10-9-12-7-4-5-8-15(12)22-2/h4-5,7-8,11,13H,3,6,9-10,18H2,1-2H3,(H,19,21). The van der Waals surface area contributed by atoms with Crippen molar-refractivity contribution in [3.63, 3.8) is 0 Å². The molecule has 0 spiro atoms. The average Bonchev–Trinajstić information content (AvgIpc) is 3.05. The number of rotatable bonds is 8. The number of hydrogen-bond donors (Lipinski definition) is 2. The Morgan fingerprint density at radius 3 is 2.96 bits per heavy atom. The van der Waals surface area contributed by atoms with Gasteiger partial charge < -0.3 is 20.2 Å². The Morgan fingerprint density at radius 1 is 1.43 bits per heavy atom. The Balaban J connectivity index is 1.87. The summed E-state index contributed by atoms with van der Waals surface area (Å²) in [7, 11) is 1.63. The minimum Gasteiger partial charge on any atom is -0.496 e. The molecule has 0 radical (unpaired) electrons. The van der Waals surface area contributed by atoms with Crippen molar-refractivity contribution in [1.82, 2.24) is 10.3 Å². The highest BCUT2D eigenvalue weighted by molar-refractivity contribution is 5.91. The lowest BCUT2D eigenvalue weighted by atomic mass is 10.1. The van der Waals surface area contributed by atoms with Crippen LogP contribution in [0.2, 0.25) is 0 Å². The first-order valence-electron chi connectivity index (χ1n) is 7.76. The van der Waals surface area contributed by atoms with E-state index in [2.05, 4.69) is 10.3 Å². The first-order valence-corrected chi connectivity index (χ1v) is 7.76. The molecule has 1 unspecified atom stereocenters. The van der Waals surface area contributed by atoms with E-state index in [1.54, 1.807) is 7.11 Å². The molecule has 6 nitrogen and oxygen atoms in total. The van der Waals surface area contributed by atoms with Gasteiger partial charge in [0.15, 0.2) is 5.69 Å². The molecule has 124 valence electrons. The Kier molecular flexibility index (Phi) is 6.17. The molecule has 1 aromatic carbocycles. The van der Waals surface area contributed by atoms with E-state index in [0.717, 1.165) is 24.2 Å². The molecule has 23 heavy (non-hydrogen) atoms. The van der Waals surface area contributed by atoms with Crippen LogP contribution in [-0.2, 0) is 6.42 Å². The number of ether oxygens (including phenoxy) is 1. The number of aromatic nitrogens is 1. The molecule has 1 aromatic heterocycles. The van der Waals surface area contributed by atoms with Crippen LogP contribution in [0.25, 0.3) is 0 Å². The van der Waals surface area contributed by atoms with Gasteiger partial charge in [0, 0.05) is 6.54 Å². The zero-order chi connectivity index (χ0) is 16.7. The highest BCUT2D eigenvalue weighted by atomic mass is 16.5. The lowest BCUT2D eigenvalue weighted by molar-refractivity contribution is 0.0949. The lowest BCUT2D eigenvalue weighted by Gasteiger charge is -2.08. The van der Waals surface area contributed by atoms with Crippen molar-refractivity contribution in [3.05, 3.63) is 47.7 Å². The van der Waals surface area contributed by atoms with Crippen molar-refractivity contribution in [3.8, 4) is 5.75 Å². The highest BCUT2D eigenvalue weighted by Gasteiger charge is 2.16. The van der Waals surface area contributed by atoms with E-state index in [9.17, 15) is 4.79 Å². The number of oxazole rings is 1. The Morgan fingerprint density at radius 2 is 2.22 bits per heavy atom. The summed E-state index contributed by atoms with van der Waals surface area (Å²) in [6.45, 7) is 2.52. The summed E-state index contributed by atoms with van der Waals surface area (Å²) in [5, 5.41) is 2.83. The van der Waals surface area contributed by atoms with Gasteiger partial charge in [0.25, 0.3) is 5.91 Å². The zero-order valence-corrected chi connectivity index (χ0v) is 13.5. The maximum Gasteiger partial charge on any atom is 0.273 e. The number of nitrogens with zero attached hydrogens (tertiary/aromatic N) is 1. The quantitative estimate of drug-likeness (QED) is 0.780. The number of nitrogens with two attached hydrogens (primary N) is 1. The number of amides is 1. The highest BCUT2D eigenvalue weighted by Crippen LogP contribution is 2.17. The van der Waals surface area contributed by atoms with Gasteiger partial charge >= 0.3 is 0 Å². The van der Waals surface area contributed by atoms with Crippen LogP contribution in [-0.4, -0.2) is 24.5 Å². The second kappa shape index (κ2) is 8.33. The molecule has 0 bridgehead atoms. The van der Waals surface area contributed by atoms with E-state index < -0.39 is 0 Å². The predicted octanol–water partition coefficient (Wildman–Crippen LogP) is 2.46. The summed E-state index contributed by atoms with van der Waals surface area (Å²) in [6.07, 6.45) is 3.73. The van der Waals surface area contributed by atoms with Crippen LogP contribution in [0.4, 0.5) is 0 Å². The largest absolute Gasteiger partial charge is 0.496 e. The van der Waals surface area contributed by atoms with E-state index in [1.165, 1.54) is 6.26 Å². The second-order valence-electron chi connectivity index (χ2n) is 5.28. The van der Waals surface area contributed by atoms with Crippen LogP contribution in [0.5, 0.6) is 5.75 Å². The molecule has 1 amide bonds. The van der Waals surface area contributed by atoms with Gasteiger partial charge in [0.2, 0.25) is 5.89 Å². The number of para-hydroxylation sites is 1. The fourth-order valence-corrected chi connectivity index (χ4v) is 2.31. The maximum atomic E-state index is 12.1. The third-order valence-electron chi connectivity index (χ3n) is 3.54. The zero-order valence-electron chi connectivity index (χ0n) is 13.5. The molecule has 0 aliphatic rings. The van der Waals surface area contributed by atoms with E-state index >= 15 is 0 Å². The van der Waals surface area contributed by atoms with Gasteiger partial charge in [-0.05, 0) is 24.5 Å².